The Kier molecular flexibility index (Phi) is 5.16. The quantitative estimate of drug-likeness (QED) is 0.860. The molecule has 1 aliphatic rings. The Morgan fingerprint density at radius 2 is 2.19 bits per heavy atom. The summed E-state index contributed by atoms with van der Waals surface area (Å²) in [6, 6.07) is 4.05. The van der Waals surface area contributed by atoms with Crippen LogP contribution < -0.4 is 5.73 Å². The zero-order valence-electron chi connectivity index (χ0n) is 12.2. The van der Waals surface area contributed by atoms with E-state index in [2.05, 4.69) is 25.9 Å². The van der Waals surface area contributed by atoms with E-state index >= 15 is 0 Å². The second-order valence-electron chi connectivity index (χ2n) is 5.25. The first-order valence-corrected chi connectivity index (χ1v) is 7.38. The maximum Gasteiger partial charge on any atom is 0.148 e. The molecule has 0 saturated heterocycles. The number of pyridine rings is 1. The molecule has 2 rings (SSSR count). The molecule has 2 unspecified atom stereocenters. The molecule has 112 valence electrons. The number of rotatable bonds is 4. The number of amidine groups is 1. The predicted octanol–water partition coefficient (Wildman–Crippen LogP) is 1.95. The van der Waals surface area contributed by atoms with Crippen LogP contribution in [0.25, 0.3) is 0 Å². The predicted molar refractivity (Wildman–Crippen MR) is 91.3 cm³/mol. The molecule has 2 N–H and O–H groups in total. The van der Waals surface area contributed by atoms with Crippen LogP contribution in [-0.4, -0.2) is 46.0 Å². The van der Waals surface area contributed by atoms with Gasteiger partial charge in [0.1, 0.15) is 17.2 Å². The number of nitrogens with zero attached hydrogens (tertiary/aromatic N) is 4. The summed E-state index contributed by atoms with van der Waals surface area (Å²) in [5, 5.41) is 0.249. The van der Waals surface area contributed by atoms with Gasteiger partial charge in [-0.3, -0.25) is 4.98 Å². The van der Waals surface area contributed by atoms with E-state index in [4.69, 9.17) is 29.6 Å². The zero-order chi connectivity index (χ0) is 15.6. The molecule has 7 heteroatoms. The Balaban J connectivity index is 2.26. The van der Waals surface area contributed by atoms with Crippen molar-refractivity contribution in [2.24, 2.45) is 15.7 Å². The average molecular weight is 324 g/mol. The lowest BCUT2D eigenvalue weighted by Crippen LogP contribution is -2.36. The number of thiocarbonyl (C=S) groups is 1. The van der Waals surface area contributed by atoms with E-state index in [1.807, 2.05) is 27.1 Å². The molecule has 0 saturated carbocycles. The molecule has 0 aromatic carbocycles. The van der Waals surface area contributed by atoms with E-state index in [-0.39, 0.29) is 11.1 Å². The lowest BCUT2D eigenvalue weighted by molar-refractivity contribution is 0.402. The molecule has 5 nitrogen and oxygen atoms in total. The summed E-state index contributed by atoms with van der Waals surface area (Å²) in [5.74, 6) is 0.477. The smallest absolute Gasteiger partial charge is 0.148 e. The van der Waals surface area contributed by atoms with Crippen LogP contribution in [-0.2, 0) is 6.54 Å². The number of hydrogen-bond acceptors (Lipinski definition) is 6. The van der Waals surface area contributed by atoms with Gasteiger partial charge in [0.15, 0.2) is 0 Å². The fraction of sp³-hybridized carbons (Fsp3) is 0.429. The van der Waals surface area contributed by atoms with Crippen molar-refractivity contribution in [3.63, 3.8) is 0 Å². The molecule has 0 aliphatic carbocycles. The van der Waals surface area contributed by atoms with Gasteiger partial charge in [-0.05, 0) is 38.7 Å². The number of hydrogen-bond donors (Lipinski definition) is 1. The Morgan fingerprint density at radius 3 is 2.81 bits per heavy atom. The summed E-state index contributed by atoms with van der Waals surface area (Å²) in [6.07, 6.45) is 1.19. The van der Waals surface area contributed by atoms with Gasteiger partial charge in [-0.25, -0.2) is 9.98 Å². The van der Waals surface area contributed by atoms with Gasteiger partial charge in [0.25, 0.3) is 0 Å². The van der Waals surface area contributed by atoms with Gasteiger partial charge >= 0.3 is 0 Å². The standard InChI is InChI=1S/C14H18ClN5S/c1-8(14-18-12(15)11(21)13(16)19-14)10-6-9(4-5-17-10)7-20(2)3/h4-6,8,13H,7,16H2,1-3H3. The highest BCUT2D eigenvalue weighted by atomic mass is 35.5. The first kappa shape index (κ1) is 16.2. The van der Waals surface area contributed by atoms with Crippen molar-refractivity contribution in [3.05, 3.63) is 29.6 Å². The Labute approximate surface area is 134 Å². The van der Waals surface area contributed by atoms with Crippen LogP contribution in [0.4, 0.5) is 0 Å². The summed E-state index contributed by atoms with van der Waals surface area (Å²) < 4.78 is 0. The Bertz CT molecular complexity index is 611. The third kappa shape index (κ3) is 3.91. The van der Waals surface area contributed by atoms with Crippen LogP contribution in [0.2, 0.25) is 0 Å². The molecular formula is C14H18ClN5S. The molecule has 2 atom stereocenters. The van der Waals surface area contributed by atoms with E-state index in [1.165, 1.54) is 5.56 Å². The Morgan fingerprint density at radius 1 is 1.48 bits per heavy atom. The summed E-state index contributed by atoms with van der Waals surface area (Å²) in [6.45, 7) is 2.83. The van der Waals surface area contributed by atoms with Crippen LogP contribution in [0.1, 0.15) is 24.1 Å². The van der Waals surface area contributed by atoms with E-state index in [9.17, 15) is 0 Å². The normalized spacial score (nSPS) is 20.3. The third-order valence-electron chi connectivity index (χ3n) is 3.13. The van der Waals surface area contributed by atoms with Gasteiger partial charge in [-0.15, -0.1) is 0 Å². The van der Waals surface area contributed by atoms with Gasteiger partial charge in [-0.2, -0.15) is 0 Å². The van der Waals surface area contributed by atoms with E-state index in [1.54, 1.807) is 6.20 Å². The third-order valence-corrected chi connectivity index (χ3v) is 3.97. The second kappa shape index (κ2) is 6.70. The highest BCUT2D eigenvalue weighted by Gasteiger charge is 2.24. The lowest BCUT2D eigenvalue weighted by atomic mass is 10.0. The van der Waals surface area contributed by atoms with Gasteiger partial charge < -0.3 is 10.6 Å². The number of aromatic nitrogens is 1. The maximum atomic E-state index is 6.01. The molecule has 1 aromatic heterocycles. The second-order valence-corrected chi connectivity index (χ2v) is 6.05. The van der Waals surface area contributed by atoms with Gasteiger partial charge in [0.05, 0.1) is 16.5 Å². The van der Waals surface area contributed by atoms with Crippen molar-refractivity contribution in [2.75, 3.05) is 14.1 Å². The molecule has 0 amide bonds. The minimum atomic E-state index is -0.604. The average Bonchev–Trinajstić information content (AvgIpc) is 2.43. The van der Waals surface area contributed by atoms with E-state index in [0.29, 0.717) is 10.7 Å². The molecule has 0 fully saturated rings. The summed E-state index contributed by atoms with van der Waals surface area (Å²) in [4.78, 5) is 15.4. The molecule has 2 heterocycles. The molecule has 1 aliphatic heterocycles. The number of halogens is 1. The van der Waals surface area contributed by atoms with Crippen molar-refractivity contribution in [1.29, 1.82) is 0 Å². The van der Waals surface area contributed by atoms with Crippen LogP contribution in [0.5, 0.6) is 0 Å². The molecule has 1 aromatic rings. The molecule has 0 spiro atoms. The zero-order valence-corrected chi connectivity index (χ0v) is 13.8. The minimum absolute atomic E-state index is 0.0880. The van der Waals surface area contributed by atoms with Crippen LogP contribution in [0.15, 0.2) is 28.3 Å². The van der Waals surface area contributed by atoms with Crippen LogP contribution >= 0.6 is 23.8 Å². The van der Waals surface area contributed by atoms with Crippen molar-refractivity contribution in [3.8, 4) is 0 Å². The largest absolute Gasteiger partial charge is 0.305 e. The molecule has 0 bridgehead atoms. The highest BCUT2D eigenvalue weighted by molar-refractivity contribution is 7.82. The fourth-order valence-electron chi connectivity index (χ4n) is 2.04. The number of aliphatic imine (C=N–C) groups is 2. The Hall–Kier alpha value is -1.21. The minimum Gasteiger partial charge on any atom is -0.305 e. The lowest BCUT2D eigenvalue weighted by Gasteiger charge is -2.19. The van der Waals surface area contributed by atoms with Crippen LogP contribution in [0, 0.1) is 0 Å². The molecular weight excluding hydrogens is 306 g/mol. The summed E-state index contributed by atoms with van der Waals surface area (Å²) in [7, 11) is 4.05. The van der Waals surface area contributed by atoms with Crippen LogP contribution in [0.3, 0.4) is 0 Å². The van der Waals surface area contributed by atoms with E-state index in [0.717, 1.165) is 12.2 Å². The molecule has 0 radical (unpaired) electrons. The SMILES string of the molecule is CC(C1=NC(N)C(=S)C(Cl)=N1)c1cc(CN(C)C)ccn1. The van der Waals surface area contributed by atoms with Gasteiger partial charge in [0, 0.05) is 12.7 Å². The number of nitrogens with two attached hydrogens (primary N) is 1. The maximum absolute atomic E-state index is 6.01. The van der Waals surface area contributed by atoms with Crippen molar-refractivity contribution >= 4 is 39.7 Å². The first-order valence-electron chi connectivity index (χ1n) is 6.59. The van der Waals surface area contributed by atoms with Gasteiger partial charge in [-0.1, -0.05) is 23.8 Å². The summed E-state index contributed by atoms with van der Waals surface area (Å²) >= 11 is 11.1. The topological polar surface area (TPSA) is 66.9 Å². The molecule has 21 heavy (non-hydrogen) atoms. The van der Waals surface area contributed by atoms with Crippen molar-refractivity contribution in [2.45, 2.75) is 25.6 Å². The van der Waals surface area contributed by atoms with Crippen molar-refractivity contribution in [1.82, 2.24) is 9.88 Å². The monoisotopic (exact) mass is 323 g/mol. The highest BCUT2D eigenvalue weighted by Crippen LogP contribution is 2.20. The van der Waals surface area contributed by atoms with Crippen molar-refractivity contribution < 1.29 is 0 Å². The van der Waals surface area contributed by atoms with E-state index < -0.39 is 6.17 Å². The fourth-order valence-corrected chi connectivity index (χ4v) is 2.34. The summed E-state index contributed by atoms with van der Waals surface area (Å²) in [5.41, 5.74) is 7.92. The van der Waals surface area contributed by atoms with Gasteiger partial charge in [0.2, 0.25) is 0 Å². The first-order chi connectivity index (χ1) is 9.88.